The number of hydrogen-bond acceptors (Lipinski definition) is 6. The quantitative estimate of drug-likeness (QED) is 0.626. The molecule has 1 heterocycles. The van der Waals surface area contributed by atoms with Gasteiger partial charge in [0, 0.05) is 5.69 Å². The van der Waals surface area contributed by atoms with Crippen molar-refractivity contribution < 1.29 is 23.9 Å². The number of nitrogens with one attached hydrogen (secondary N) is 1. The highest BCUT2D eigenvalue weighted by atomic mass is 16.5. The maximum atomic E-state index is 12.3. The zero-order valence-corrected chi connectivity index (χ0v) is 14.8. The van der Waals surface area contributed by atoms with E-state index in [1.807, 2.05) is 6.07 Å². The predicted molar refractivity (Wildman–Crippen MR) is 97.1 cm³/mol. The van der Waals surface area contributed by atoms with E-state index in [2.05, 4.69) is 5.32 Å². The van der Waals surface area contributed by atoms with Gasteiger partial charge in [-0.1, -0.05) is 18.2 Å². The highest BCUT2D eigenvalue weighted by molar-refractivity contribution is 6.22. The van der Waals surface area contributed by atoms with E-state index in [0.29, 0.717) is 11.3 Å². The molecule has 0 bridgehead atoms. The fourth-order valence-corrected chi connectivity index (χ4v) is 2.71. The number of amides is 3. The van der Waals surface area contributed by atoms with E-state index in [-0.39, 0.29) is 11.1 Å². The van der Waals surface area contributed by atoms with Crippen LogP contribution in [-0.4, -0.2) is 41.2 Å². The summed E-state index contributed by atoms with van der Waals surface area (Å²) in [6.07, 6.45) is -1.16. The number of carbonyl (C=O) groups is 4. The summed E-state index contributed by atoms with van der Waals surface area (Å²) in [5.74, 6) is -2.65. The molecule has 1 N–H and O–H groups in total. The van der Waals surface area contributed by atoms with E-state index in [4.69, 9.17) is 10.00 Å². The molecule has 0 unspecified atom stereocenters. The second kappa shape index (κ2) is 7.72. The van der Waals surface area contributed by atoms with Crippen molar-refractivity contribution in [3.8, 4) is 6.07 Å². The Labute approximate surface area is 160 Å². The molecule has 0 saturated heterocycles. The number of imide groups is 1. The third-order valence-corrected chi connectivity index (χ3v) is 4.10. The lowest BCUT2D eigenvalue weighted by Crippen LogP contribution is -2.38. The average Bonchev–Trinajstić information content (AvgIpc) is 2.93. The van der Waals surface area contributed by atoms with Crippen LogP contribution in [0.3, 0.4) is 0 Å². The molecule has 1 aliphatic heterocycles. The van der Waals surface area contributed by atoms with Crippen molar-refractivity contribution in [1.29, 1.82) is 5.26 Å². The first-order chi connectivity index (χ1) is 13.4. The first-order valence-electron chi connectivity index (χ1n) is 8.36. The summed E-state index contributed by atoms with van der Waals surface area (Å²) in [6, 6.07) is 14.5. The molecule has 3 rings (SSSR count). The molecular formula is C20H15N3O5. The Morgan fingerprint density at radius 1 is 1.11 bits per heavy atom. The fourth-order valence-electron chi connectivity index (χ4n) is 2.71. The fraction of sp³-hybridized carbons (Fsp3) is 0.150. The highest BCUT2D eigenvalue weighted by Crippen LogP contribution is 2.22. The Balaban J connectivity index is 1.59. The van der Waals surface area contributed by atoms with Crippen LogP contribution in [0, 0.1) is 11.3 Å². The number of fused-ring (bicyclic) bond motifs is 1. The number of nitriles is 1. The van der Waals surface area contributed by atoms with Gasteiger partial charge in [-0.2, -0.15) is 5.26 Å². The molecule has 0 aromatic heterocycles. The first-order valence-corrected chi connectivity index (χ1v) is 8.36. The molecule has 28 heavy (non-hydrogen) atoms. The summed E-state index contributed by atoms with van der Waals surface area (Å²) in [5.41, 5.74) is 1.20. The SMILES string of the molecule is C[C@H](OC(=O)CN1C(=O)c2ccccc2C1=O)C(=O)Nc1cccc(C#N)c1. The largest absolute Gasteiger partial charge is 0.451 e. The van der Waals surface area contributed by atoms with Gasteiger partial charge in [-0.05, 0) is 37.3 Å². The molecule has 0 radical (unpaired) electrons. The van der Waals surface area contributed by atoms with Crippen molar-refractivity contribution in [3.63, 3.8) is 0 Å². The van der Waals surface area contributed by atoms with Crippen molar-refractivity contribution >= 4 is 29.4 Å². The van der Waals surface area contributed by atoms with Gasteiger partial charge in [0.2, 0.25) is 0 Å². The summed E-state index contributed by atoms with van der Waals surface area (Å²) in [7, 11) is 0. The van der Waals surface area contributed by atoms with Gasteiger partial charge in [0.15, 0.2) is 6.10 Å². The average molecular weight is 377 g/mol. The van der Waals surface area contributed by atoms with E-state index in [0.717, 1.165) is 4.90 Å². The van der Waals surface area contributed by atoms with Crippen LogP contribution in [0.15, 0.2) is 48.5 Å². The van der Waals surface area contributed by atoms with E-state index in [1.165, 1.54) is 25.1 Å². The molecule has 2 aromatic rings. The monoisotopic (exact) mass is 377 g/mol. The van der Waals surface area contributed by atoms with Gasteiger partial charge in [0.1, 0.15) is 6.54 Å². The minimum atomic E-state index is -1.16. The summed E-state index contributed by atoms with van der Waals surface area (Å²) >= 11 is 0. The molecule has 0 spiro atoms. The van der Waals surface area contributed by atoms with Crippen LogP contribution >= 0.6 is 0 Å². The first kappa shape index (κ1) is 18.8. The molecule has 2 aromatic carbocycles. The summed E-state index contributed by atoms with van der Waals surface area (Å²) < 4.78 is 5.04. The van der Waals surface area contributed by atoms with Crippen LogP contribution in [-0.2, 0) is 14.3 Å². The lowest BCUT2D eigenvalue weighted by Gasteiger charge is -2.16. The molecule has 0 saturated carbocycles. The molecule has 1 atom stereocenters. The molecular weight excluding hydrogens is 362 g/mol. The van der Waals surface area contributed by atoms with Crippen molar-refractivity contribution in [3.05, 3.63) is 65.2 Å². The second-order valence-corrected chi connectivity index (χ2v) is 6.06. The third kappa shape index (κ3) is 3.73. The van der Waals surface area contributed by atoms with Gasteiger partial charge in [-0.25, -0.2) is 0 Å². The topological polar surface area (TPSA) is 117 Å². The van der Waals surface area contributed by atoms with Crippen molar-refractivity contribution in [2.75, 3.05) is 11.9 Å². The Bertz CT molecular complexity index is 989. The smallest absolute Gasteiger partial charge is 0.326 e. The van der Waals surface area contributed by atoms with Gasteiger partial charge in [-0.15, -0.1) is 0 Å². The molecule has 140 valence electrons. The molecule has 1 aliphatic rings. The Hall–Kier alpha value is -3.99. The summed E-state index contributed by atoms with van der Waals surface area (Å²) in [5, 5.41) is 11.4. The Morgan fingerprint density at radius 3 is 2.36 bits per heavy atom. The van der Waals surface area contributed by atoms with Crippen LogP contribution < -0.4 is 5.32 Å². The molecule has 0 aliphatic carbocycles. The van der Waals surface area contributed by atoms with E-state index >= 15 is 0 Å². The van der Waals surface area contributed by atoms with Gasteiger partial charge in [0.25, 0.3) is 17.7 Å². The van der Waals surface area contributed by atoms with Crippen LogP contribution in [0.2, 0.25) is 0 Å². The Kier molecular flexibility index (Phi) is 5.18. The minimum Gasteiger partial charge on any atom is -0.451 e. The number of rotatable bonds is 5. The summed E-state index contributed by atoms with van der Waals surface area (Å²) in [6.45, 7) is 0.775. The van der Waals surface area contributed by atoms with Crippen molar-refractivity contribution in [2.45, 2.75) is 13.0 Å². The lowest BCUT2D eigenvalue weighted by atomic mass is 10.1. The van der Waals surface area contributed by atoms with Gasteiger partial charge in [-0.3, -0.25) is 24.1 Å². The van der Waals surface area contributed by atoms with Crippen LogP contribution in [0.4, 0.5) is 5.69 Å². The van der Waals surface area contributed by atoms with E-state index in [1.54, 1.807) is 30.3 Å². The van der Waals surface area contributed by atoms with Crippen LogP contribution in [0.25, 0.3) is 0 Å². The molecule has 3 amide bonds. The van der Waals surface area contributed by atoms with Gasteiger partial charge in [0.05, 0.1) is 22.8 Å². The van der Waals surface area contributed by atoms with Crippen LogP contribution in [0.5, 0.6) is 0 Å². The third-order valence-electron chi connectivity index (χ3n) is 4.10. The molecule has 8 heteroatoms. The molecule has 8 nitrogen and oxygen atoms in total. The number of hydrogen-bond donors (Lipinski definition) is 1. The highest BCUT2D eigenvalue weighted by Gasteiger charge is 2.37. The number of anilines is 1. The molecule has 0 fully saturated rings. The van der Waals surface area contributed by atoms with Crippen molar-refractivity contribution in [1.82, 2.24) is 4.90 Å². The number of nitrogens with zero attached hydrogens (tertiary/aromatic N) is 2. The minimum absolute atomic E-state index is 0.225. The summed E-state index contributed by atoms with van der Waals surface area (Å²) in [4.78, 5) is 49.6. The number of benzene rings is 2. The number of esters is 1. The Morgan fingerprint density at radius 2 is 1.75 bits per heavy atom. The maximum Gasteiger partial charge on any atom is 0.326 e. The normalized spacial score (nSPS) is 13.5. The number of carbonyl (C=O) groups excluding carboxylic acids is 4. The zero-order valence-electron chi connectivity index (χ0n) is 14.8. The maximum absolute atomic E-state index is 12.3. The van der Waals surface area contributed by atoms with Crippen molar-refractivity contribution in [2.24, 2.45) is 0 Å². The van der Waals surface area contributed by atoms with Crippen LogP contribution in [0.1, 0.15) is 33.2 Å². The van der Waals surface area contributed by atoms with Gasteiger partial charge >= 0.3 is 5.97 Å². The zero-order chi connectivity index (χ0) is 20.3. The van der Waals surface area contributed by atoms with E-state index < -0.39 is 36.3 Å². The predicted octanol–water partition coefficient (Wildman–Crippen LogP) is 1.72. The van der Waals surface area contributed by atoms with Gasteiger partial charge < -0.3 is 10.1 Å². The van der Waals surface area contributed by atoms with E-state index in [9.17, 15) is 19.2 Å². The second-order valence-electron chi connectivity index (χ2n) is 6.06. The number of ether oxygens (including phenoxy) is 1. The lowest BCUT2D eigenvalue weighted by molar-refractivity contribution is -0.153. The standard InChI is InChI=1S/C20H15N3O5/c1-12(18(25)22-14-6-4-5-13(9-14)10-21)28-17(24)11-23-19(26)15-7-2-3-8-16(15)20(23)27/h2-9,12H,11H2,1H3,(H,22,25)/t12-/m0/s1.